The van der Waals surface area contributed by atoms with Gasteiger partial charge in [0, 0.05) is 6.04 Å². The fraction of sp³-hybridized carbons (Fsp3) is 0.556. The van der Waals surface area contributed by atoms with E-state index in [2.05, 4.69) is 24.5 Å². The zero-order chi connectivity index (χ0) is 17.1. The largest absolute Gasteiger partial charge is 0.484 e. The molecular formula is C18H28N2O3. The number of para-hydroxylation sites is 1. The number of rotatable bonds is 10. The van der Waals surface area contributed by atoms with Crippen molar-refractivity contribution in [3.63, 3.8) is 0 Å². The molecule has 5 nitrogen and oxygen atoms in total. The van der Waals surface area contributed by atoms with E-state index in [1.807, 2.05) is 25.1 Å². The molecule has 1 rings (SSSR count). The Morgan fingerprint density at radius 1 is 1.04 bits per heavy atom. The van der Waals surface area contributed by atoms with Crippen LogP contribution in [0.25, 0.3) is 0 Å². The molecular weight excluding hydrogens is 292 g/mol. The summed E-state index contributed by atoms with van der Waals surface area (Å²) >= 11 is 0. The number of hydrogen-bond donors (Lipinski definition) is 2. The van der Waals surface area contributed by atoms with Gasteiger partial charge in [0.2, 0.25) is 5.91 Å². The highest BCUT2D eigenvalue weighted by Crippen LogP contribution is 2.08. The maximum absolute atomic E-state index is 11.8. The van der Waals surface area contributed by atoms with Crippen molar-refractivity contribution < 1.29 is 14.3 Å². The van der Waals surface area contributed by atoms with Gasteiger partial charge in [-0.05, 0) is 31.4 Å². The first kappa shape index (κ1) is 19.0. The molecule has 0 saturated heterocycles. The van der Waals surface area contributed by atoms with Crippen molar-refractivity contribution in [3.05, 3.63) is 30.3 Å². The third-order valence-corrected chi connectivity index (χ3v) is 3.39. The van der Waals surface area contributed by atoms with E-state index in [9.17, 15) is 9.59 Å². The molecule has 2 amide bonds. The average Bonchev–Trinajstić information content (AvgIpc) is 2.51. The van der Waals surface area contributed by atoms with Gasteiger partial charge in [-0.1, -0.05) is 44.9 Å². The summed E-state index contributed by atoms with van der Waals surface area (Å²) in [5.41, 5.74) is 0. The zero-order valence-corrected chi connectivity index (χ0v) is 14.3. The summed E-state index contributed by atoms with van der Waals surface area (Å²) in [7, 11) is 0. The van der Waals surface area contributed by atoms with Gasteiger partial charge in [-0.2, -0.15) is 0 Å². The van der Waals surface area contributed by atoms with Crippen LogP contribution in [0.2, 0.25) is 0 Å². The Balaban J connectivity index is 2.13. The Labute approximate surface area is 138 Å². The quantitative estimate of drug-likeness (QED) is 0.696. The second kappa shape index (κ2) is 10.6. The molecule has 0 saturated carbocycles. The van der Waals surface area contributed by atoms with Crippen LogP contribution in [-0.4, -0.2) is 31.0 Å². The van der Waals surface area contributed by atoms with Crippen molar-refractivity contribution in [2.45, 2.75) is 46.1 Å². The van der Waals surface area contributed by atoms with Gasteiger partial charge in [0.1, 0.15) is 5.75 Å². The van der Waals surface area contributed by atoms with Crippen LogP contribution in [-0.2, 0) is 9.59 Å². The first-order valence-electron chi connectivity index (χ1n) is 8.21. The summed E-state index contributed by atoms with van der Waals surface area (Å²) < 4.78 is 5.31. The number of nitrogens with one attached hydrogen (secondary N) is 2. The van der Waals surface area contributed by atoms with Crippen molar-refractivity contribution in [2.24, 2.45) is 5.92 Å². The van der Waals surface area contributed by atoms with Crippen LogP contribution in [0.15, 0.2) is 30.3 Å². The predicted molar refractivity (Wildman–Crippen MR) is 91.2 cm³/mol. The minimum atomic E-state index is -0.309. The topological polar surface area (TPSA) is 67.4 Å². The Bertz CT molecular complexity index is 474. The van der Waals surface area contributed by atoms with E-state index in [-0.39, 0.29) is 31.0 Å². The standard InChI is InChI=1S/C18H28N2O3/c1-14(2)8-7-9-15(3)20-17(21)12-19-18(22)13-23-16-10-5-4-6-11-16/h4-6,10-11,14-15H,7-9,12-13H2,1-3H3,(H,19,22)(H,20,21). The van der Waals surface area contributed by atoms with Gasteiger partial charge in [-0.25, -0.2) is 0 Å². The molecule has 0 aliphatic rings. The molecule has 0 bridgehead atoms. The molecule has 0 aliphatic carbocycles. The highest BCUT2D eigenvalue weighted by Gasteiger charge is 2.09. The lowest BCUT2D eigenvalue weighted by atomic mass is 10.0. The maximum atomic E-state index is 11.8. The molecule has 0 fully saturated rings. The van der Waals surface area contributed by atoms with Gasteiger partial charge < -0.3 is 15.4 Å². The van der Waals surface area contributed by atoms with Crippen molar-refractivity contribution >= 4 is 11.8 Å². The van der Waals surface area contributed by atoms with Gasteiger partial charge in [-0.3, -0.25) is 9.59 Å². The third-order valence-electron chi connectivity index (χ3n) is 3.39. The molecule has 23 heavy (non-hydrogen) atoms. The first-order chi connectivity index (χ1) is 11.0. The molecule has 0 heterocycles. The molecule has 0 aromatic heterocycles. The number of amides is 2. The molecule has 1 atom stereocenters. The molecule has 0 spiro atoms. The molecule has 128 valence electrons. The van der Waals surface area contributed by atoms with E-state index < -0.39 is 0 Å². The Morgan fingerprint density at radius 2 is 1.74 bits per heavy atom. The maximum Gasteiger partial charge on any atom is 0.258 e. The lowest BCUT2D eigenvalue weighted by Crippen LogP contribution is -2.42. The molecule has 1 aromatic carbocycles. The van der Waals surface area contributed by atoms with E-state index in [0.717, 1.165) is 19.3 Å². The molecule has 1 aromatic rings. The molecule has 2 N–H and O–H groups in total. The highest BCUT2D eigenvalue weighted by atomic mass is 16.5. The minimum Gasteiger partial charge on any atom is -0.484 e. The summed E-state index contributed by atoms with van der Waals surface area (Å²) in [5.74, 6) is 0.833. The summed E-state index contributed by atoms with van der Waals surface area (Å²) in [6.45, 7) is 6.25. The van der Waals surface area contributed by atoms with Crippen molar-refractivity contribution in [2.75, 3.05) is 13.2 Å². The van der Waals surface area contributed by atoms with E-state index in [1.165, 1.54) is 0 Å². The fourth-order valence-electron chi connectivity index (χ4n) is 2.13. The SMILES string of the molecule is CC(C)CCCC(C)NC(=O)CNC(=O)COc1ccccc1. The second-order valence-electron chi connectivity index (χ2n) is 6.17. The van der Waals surface area contributed by atoms with Crippen molar-refractivity contribution in [1.29, 1.82) is 0 Å². The number of hydrogen-bond acceptors (Lipinski definition) is 3. The predicted octanol–water partition coefficient (Wildman–Crippen LogP) is 2.51. The molecule has 0 aliphatic heterocycles. The van der Waals surface area contributed by atoms with Crippen LogP contribution in [0.3, 0.4) is 0 Å². The van der Waals surface area contributed by atoms with Crippen LogP contribution in [0, 0.1) is 5.92 Å². The van der Waals surface area contributed by atoms with E-state index in [1.54, 1.807) is 12.1 Å². The van der Waals surface area contributed by atoms with Crippen molar-refractivity contribution in [1.82, 2.24) is 10.6 Å². The average molecular weight is 320 g/mol. The van der Waals surface area contributed by atoms with E-state index >= 15 is 0 Å². The number of benzene rings is 1. The Kier molecular flexibility index (Phi) is 8.80. The van der Waals surface area contributed by atoms with E-state index in [0.29, 0.717) is 11.7 Å². The van der Waals surface area contributed by atoms with Gasteiger partial charge in [0.25, 0.3) is 5.91 Å². The van der Waals surface area contributed by atoms with Crippen LogP contribution in [0.1, 0.15) is 40.0 Å². The monoisotopic (exact) mass is 320 g/mol. The molecule has 0 radical (unpaired) electrons. The summed E-state index contributed by atoms with van der Waals surface area (Å²) in [4.78, 5) is 23.4. The van der Waals surface area contributed by atoms with Crippen LogP contribution >= 0.6 is 0 Å². The minimum absolute atomic E-state index is 0.0223. The van der Waals surface area contributed by atoms with Crippen LogP contribution in [0.5, 0.6) is 5.75 Å². The lowest BCUT2D eigenvalue weighted by molar-refractivity contribution is -0.127. The Morgan fingerprint density at radius 3 is 2.39 bits per heavy atom. The van der Waals surface area contributed by atoms with E-state index in [4.69, 9.17) is 4.74 Å². The Hall–Kier alpha value is -2.04. The van der Waals surface area contributed by atoms with Gasteiger partial charge in [0.05, 0.1) is 6.54 Å². The normalized spacial score (nSPS) is 11.8. The lowest BCUT2D eigenvalue weighted by Gasteiger charge is -2.15. The van der Waals surface area contributed by atoms with Crippen LogP contribution < -0.4 is 15.4 Å². The number of ether oxygens (including phenoxy) is 1. The number of carbonyl (C=O) groups excluding carboxylic acids is 2. The number of carbonyl (C=O) groups is 2. The van der Waals surface area contributed by atoms with Gasteiger partial charge >= 0.3 is 0 Å². The second-order valence-corrected chi connectivity index (χ2v) is 6.17. The highest BCUT2D eigenvalue weighted by molar-refractivity contribution is 5.85. The molecule has 5 heteroatoms. The molecule has 1 unspecified atom stereocenters. The first-order valence-corrected chi connectivity index (χ1v) is 8.21. The fourth-order valence-corrected chi connectivity index (χ4v) is 2.13. The summed E-state index contributed by atoms with van der Waals surface area (Å²) in [5, 5.41) is 5.44. The summed E-state index contributed by atoms with van der Waals surface area (Å²) in [6.07, 6.45) is 3.21. The van der Waals surface area contributed by atoms with Gasteiger partial charge in [0.15, 0.2) is 6.61 Å². The van der Waals surface area contributed by atoms with Gasteiger partial charge in [-0.15, -0.1) is 0 Å². The third kappa shape index (κ3) is 9.55. The smallest absolute Gasteiger partial charge is 0.258 e. The summed E-state index contributed by atoms with van der Waals surface area (Å²) in [6, 6.07) is 9.22. The van der Waals surface area contributed by atoms with Crippen LogP contribution in [0.4, 0.5) is 0 Å². The van der Waals surface area contributed by atoms with Crippen molar-refractivity contribution in [3.8, 4) is 5.75 Å². The zero-order valence-electron chi connectivity index (χ0n) is 14.3.